The van der Waals surface area contributed by atoms with Gasteiger partial charge in [-0.15, -0.1) is 5.10 Å². The van der Waals surface area contributed by atoms with E-state index in [2.05, 4.69) is 14.9 Å². The average Bonchev–Trinajstić information content (AvgIpc) is 1.83. The van der Waals surface area contributed by atoms with E-state index in [4.69, 9.17) is 0 Å². The Hall–Kier alpha value is -0.860. The quantitative estimate of drug-likeness (QED) is 0.285. The Labute approximate surface area is 49.1 Å². The molecule has 0 N–H and O–H groups in total. The number of rotatable bonds is 1. The molecule has 3 nitrogen and oxygen atoms in total. The summed E-state index contributed by atoms with van der Waals surface area (Å²) in [5.74, 6) is 0.572. The van der Waals surface area contributed by atoms with E-state index in [-0.39, 0.29) is 0 Å². The van der Waals surface area contributed by atoms with E-state index in [0.717, 1.165) is 0 Å². The molecule has 46 valence electrons. The highest BCUT2D eigenvalue weighted by molar-refractivity contribution is 5.73. The lowest BCUT2D eigenvalue weighted by atomic mass is 10.8. The topological polar surface area (TPSA) is 34.0 Å². The van der Waals surface area contributed by atoms with Gasteiger partial charge in [0, 0.05) is 13.1 Å². The summed E-state index contributed by atoms with van der Waals surface area (Å²) in [4.78, 5) is 0. The lowest BCUT2D eigenvalue weighted by molar-refractivity contribution is 0.398. The first kappa shape index (κ1) is 7.14. The van der Waals surface area contributed by atoms with Crippen LogP contribution in [0.25, 0.3) is 0 Å². The average molecular weight is 114 g/mol. The molecule has 0 unspecified atom stereocenters. The van der Waals surface area contributed by atoms with Crippen LogP contribution in [0.3, 0.4) is 0 Å². The molecule has 0 aromatic carbocycles. The summed E-state index contributed by atoms with van der Waals surface area (Å²) < 4.78 is 4.69. The Morgan fingerprint density at radius 1 is 1.62 bits per heavy atom. The molecule has 0 spiro atoms. The second kappa shape index (κ2) is 4.30. The molecule has 0 aliphatic rings. The number of methoxy groups -OCH3 is 1. The van der Waals surface area contributed by atoms with Crippen molar-refractivity contribution >= 4 is 12.1 Å². The predicted octanol–water partition coefficient (Wildman–Crippen LogP) is 1.06. The maximum Gasteiger partial charge on any atom is 0.205 e. The third kappa shape index (κ3) is 3.33. The highest BCUT2D eigenvalue weighted by atomic mass is 16.5. The first-order chi connectivity index (χ1) is 3.81. The lowest BCUT2D eigenvalue weighted by Gasteiger charge is -1.90. The van der Waals surface area contributed by atoms with Crippen LogP contribution in [0.4, 0.5) is 0 Å². The Morgan fingerprint density at radius 2 is 2.25 bits per heavy atom. The summed E-state index contributed by atoms with van der Waals surface area (Å²) in [6.45, 7) is 3.54. The van der Waals surface area contributed by atoms with E-state index in [1.54, 1.807) is 27.2 Å². The van der Waals surface area contributed by atoms with Gasteiger partial charge in [-0.1, -0.05) is 0 Å². The third-order valence-electron chi connectivity index (χ3n) is 0.609. The minimum atomic E-state index is 0.572. The van der Waals surface area contributed by atoms with Crippen LogP contribution in [0.1, 0.15) is 13.8 Å². The van der Waals surface area contributed by atoms with Gasteiger partial charge >= 0.3 is 0 Å². The number of hydrogen-bond donors (Lipinski definition) is 0. The van der Waals surface area contributed by atoms with E-state index in [0.29, 0.717) is 5.90 Å². The summed E-state index contributed by atoms with van der Waals surface area (Å²) in [6.07, 6.45) is 1.60. The van der Waals surface area contributed by atoms with Gasteiger partial charge in [0.05, 0.1) is 7.11 Å². The van der Waals surface area contributed by atoms with Crippen LogP contribution < -0.4 is 0 Å². The summed E-state index contributed by atoms with van der Waals surface area (Å²) in [5, 5.41) is 7.21. The van der Waals surface area contributed by atoms with Crippen molar-refractivity contribution in [2.45, 2.75) is 13.8 Å². The normalized spacial score (nSPS) is 12.6. The van der Waals surface area contributed by atoms with Crippen molar-refractivity contribution in [3.63, 3.8) is 0 Å². The molecule has 0 rings (SSSR count). The summed E-state index contributed by atoms with van der Waals surface area (Å²) in [5.41, 5.74) is 0. The van der Waals surface area contributed by atoms with Crippen LogP contribution in [0.5, 0.6) is 0 Å². The molecule has 3 heteroatoms. The van der Waals surface area contributed by atoms with Gasteiger partial charge < -0.3 is 4.74 Å². The first-order valence-corrected chi connectivity index (χ1v) is 2.37. The summed E-state index contributed by atoms with van der Waals surface area (Å²) in [7, 11) is 1.56. The zero-order chi connectivity index (χ0) is 6.41. The second-order valence-electron chi connectivity index (χ2n) is 1.20. The van der Waals surface area contributed by atoms with Gasteiger partial charge in [-0.25, -0.2) is 0 Å². The van der Waals surface area contributed by atoms with E-state index >= 15 is 0 Å². The Morgan fingerprint density at radius 3 is 2.62 bits per heavy atom. The largest absolute Gasteiger partial charge is 0.483 e. The zero-order valence-corrected chi connectivity index (χ0v) is 5.38. The maximum absolute atomic E-state index is 4.69. The lowest BCUT2D eigenvalue weighted by Crippen LogP contribution is -1.90. The maximum atomic E-state index is 4.69. The van der Waals surface area contributed by atoms with Crippen LogP contribution in [-0.2, 0) is 4.74 Å². The molecule has 0 radical (unpaired) electrons. The van der Waals surface area contributed by atoms with E-state index in [9.17, 15) is 0 Å². The molecule has 0 bridgehead atoms. The SMILES string of the molecule is CC=NN=C(C)OC. The Kier molecular flexibility index (Phi) is 3.84. The van der Waals surface area contributed by atoms with Crippen LogP contribution in [0.2, 0.25) is 0 Å². The predicted molar refractivity (Wildman–Crippen MR) is 34.3 cm³/mol. The van der Waals surface area contributed by atoms with Gasteiger partial charge in [0.2, 0.25) is 5.90 Å². The molecule has 0 aliphatic heterocycles. The van der Waals surface area contributed by atoms with Gasteiger partial charge in [0.1, 0.15) is 0 Å². The smallest absolute Gasteiger partial charge is 0.205 e. The van der Waals surface area contributed by atoms with Crippen molar-refractivity contribution < 1.29 is 4.74 Å². The summed E-state index contributed by atoms with van der Waals surface area (Å²) >= 11 is 0. The summed E-state index contributed by atoms with van der Waals surface area (Å²) in [6, 6.07) is 0. The van der Waals surface area contributed by atoms with Gasteiger partial charge in [-0.3, -0.25) is 0 Å². The molecular formula is C5H10N2O. The molecular weight excluding hydrogens is 104 g/mol. The second-order valence-corrected chi connectivity index (χ2v) is 1.20. The van der Waals surface area contributed by atoms with Crippen molar-refractivity contribution in [1.82, 2.24) is 0 Å². The molecule has 0 fully saturated rings. The standard InChI is InChI=1S/C5H10N2O/c1-4-6-7-5(2)8-3/h4H,1-3H3. The molecule has 8 heavy (non-hydrogen) atoms. The van der Waals surface area contributed by atoms with Crippen molar-refractivity contribution in [3.8, 4) is 0 Å². The van der Waals surface area contributed by atoms with Crippen molar-refractivity contribution in [2.75, 3.05) is 7.11 Å². The van der Waals surface area contributed by atoms with Crippen LogP contribution >= 0.6 is 0 Å². The van der Waals surface area contributed by atoms with Crippen molar-refractivity contribution in [1.29, 1.82) is 0 Å². The van der Waals surface area contributed by atoms with Gasteiger partial charge in [0.25, 0.3) is 0 Å². The molecule has 0 atom stereocenters. The molecule has 0 amide bonds. The molecule has 0 aromatic rings. The fraction of sp³-hybridized carbons (Fsp3) is 0.600. The monoisotopic (exact) mass is 114 g/mol. The fourth-order valence-electron chi connectivity index (χ4n) is 0.180. The number of ether oxygens (including phenoxy) is 1. The van der Waals surface area contributed by atoms with E-state index in [1.165, 1.54) is 0 Å². The fourth-order valence-corrected chi connectivity index (χ4v) is 0.180. The van der Waals surface area contributed by atoms with Crippen molar-refractivity contribution in [2.24, 2.45) is 10.2 Å². The minimum Gasteiger partial charge on any atom is -0.483 e. The highest BCUT2D eigenvalue weighted by Gasteiger charge is 1.78. The molecule has 0 heterocycles. The zero-order valence-electron chi connectivity index (χ0n) is 5.38. The Balaban J connectivity index is 3.57. The van der Waals surface area contributed by atoms with Gasteiger partial charge in [-0.05, 0) is 6.92 Å². The molecule has 0 saturated carbocycles. The van der Waals surface area contributed by atoms with E-state index in [1.807, 2.05) is 0 Å². The van der Waals surface area contributed by atoms with Crippen molar-refractivity contribution in [3.05, 3.63) is 0 Å². The van der Waals surface area contributed by atoms with Crippen LogP contribution in [0, 0.1) is 0 Å². The third-order valence-corrected chi connectivity index (χ3v) is 0.609. The van der Waals surface area contributed by atoms with Gasteiger partial charge in [0.15, 0.2) is 0 Å². The van der Waals surface area contributed by atoms with Gasteiger partial charge in [-0.2, -0.15) is 5.10 Å². The number of nitrogens with zero attached hydrogens (tertiary/aromatic N) is 2. The molecule has 0 saturated heterocycles. The number of hydrogen-bond acceptors (Lipinski definition) is 3. The van der Waals surface area contributed by atoms with E-state index < -0.39 is 0 Å². The molecule has 0 aliphatic carbocycles. The van der Waals surface area contributed by atoms with Crippen LogP contribution in [-0.4, -0.2) is 19.2 Å². The first-order valence-electron chi connectivity index (χ1n) is 2.37. The molecule has 0 aromatic heterocycles. The highest BCUT2D eigenvalue weighted by Crippen LogP contribution is 1.76. The van der Waals surface area contributed by atoms with Crippen LogP contribution in [0.15, 0.2) is 10.2 Å². The Bertz CT molecular complexity index is 107. The minimum absolute atomic E-state index is 0.572.